The van der Waals surface area contributed by atoms with E-state index in [1.807, 2.05) is 0 Å². The molecule has 1 aliphatic rings. The smallest absolute Gasteiger partial charge is 0.123 e. The Balaban J connectivity index is 1.73. The predicted octanol–water partition coefficient (Wildman–Crippen LogP) is 6.69. The van der Waals surface area contributed by atoms with Crippen molar-refractivity contribution in [3.63, 3.8) is 0 Å². The van der Waals surface area contributed by atoms with Crippen molar-refractivity contribution >= 4 is 10.8 Å². The van der Waals surface area contributed by atoms with Gasteiger partial charge < -0.3 is 4.74 Å². The largest absolute Gasteiger partial charge is 0.490 e. The van der Waals surface area contributed by atoms with Crippen LogP contribution in [0.4, 0.5) is 0 Å². The molecule has 0 radical (unpaired) electrons. The molecule has 0 N–H and O–H groups in total. The SMILES string of the molecule is CCc1ccc2c(C)c(OC3CCC(C(C)(C)C)CC3)ccc2c1. The number of aryl methyl sites for hydroxylation is 2. The first-order valence-corrected chi connectivity index (χ1v) is 9.57. The zero-order valence-electron chi connectivity index (χ0n) is 16.0. The summed E-state index contributed by atoms with van der Waals surface area (Å²) < 4.78 is 6.41. The highest BCUT2D eigenvalue weighted by Crippen LogP contribution is 2.39. The maximum atomic E-state index is 6.41. The van der Waals surface area contributed by atoms with Gasteiger partial charge in [-0.1, -0.05) is 52.0 Å². The van der Waals surface area contributed by atoms with E-state index >= 15 is 0 Å². The van der Waals surface area contributed by atoms with Crippen LogP contribution in [0.1, 0.15) is 64.5 Å². The number of hydrogen-bond donors (Lipinski definition) is 0. The van der Waals surface area contributed by atoms with Crippen molar-refractivity contribution in [2.75, 3.05) is 0 Å². The van der Waals surface area contributed by atoms with E-state index < -0.39 is 0 Å². The summed E-state index contributed by atoms with van der Waals surface area (Å²) in [5.74, 6) is 1.91. The highest BCUT2D eigenvalue weighted by Gasteiger charge is 2.30. The lowest BCUT2D eigenvalue weighted by atomic mass is 9.72. The number of rotatable bonds is 3. The molecule has 2 aromatic rings. The van der Waals surface area contributed by atoms with Gasteiger partial charge >= 0.3 is 0 Å². The van der Waals surface area contributed by atoms with Gasteiger partial charge in [0.1, 0.15) is 5.75 Å². The fraction of sp³-hybridized carbons (Fsp3) is 0.565. The highest BCUT2D eigenvalue weighted by molar-refractivity contribution is 5.88. The van der Waals surface area contributed by atoms with Crippen LogP contribution in [0.2, 0.25) is 0 Å². The van der Waals surface area contributed by atoms with Gasteiger partial charge in [-0.3, -0.25) is 0 Å². The summed E-state index contributed by atoms with van der Waals surface area (Å²) >= 11 is 0. The van der Waals surface area contributed by atoms with E-state index in [1.54, 1.807) is 0 Å². The molecule has 0 unspecified atom stereocenters. The van der Waals surface area contributed by atoms with Crippen molar-refractivity contribution in [2.24, 2.45) is 11.3 Å². The molecule has 0 aromatic heterocycles. The van der Waals surface area contributed by atoms with Gasteiger partial charge in [0.2, 0.25) is 0 Å². The van der Waals surface area contributed by atoms with Gasteiger partial charge in [-0.15, -0.1) is 0 Å². The van der Waals surface area contributed by atoms with Crippen LogP contribution in [0.15, 0.2) is 30.3 Å². The van der Waals surface area contributed by atoms with Crippen LogP contribution in [-0.2, 0) is 6.42 Å². The summed E-state index contributed by atoms with van der Waals surface area (Å²) in [5.41, 5.74) is 3.12. The molecule has 3 rings (SSSR count). The Morgan fingerprint density at radius 1 is 1.00 bits per heavy atom. The fourth-order valence-corrected chi connectivity index (χ4v) is 4.09. The molecule has 0 amide bonds. The van der Waals surface area contributed by atoms with Crippen LogP contribution in [0.5, 0.6) is 5.75 Å². The molecule has 1 nitrogen and oxygen atoms in total. The zero-order valence-corrected chi connectivity index (χ0v) is 16.0. The first-order valence-electron chi connectivity index (χ1n) is 9.57. The van der Waals surface area contributed by atoms with Crippen LogP contribution in [0, 0.1) is 18.3 Å². The van der Waals surface area contributed by atoms with E-state index in [2.05, 4.69) is 65.0 Å². The first kappa shape index (κ1) is 17.3. The van der Waals surface area contributed by atoms with E-state index in [4.69, 9.17) is 4.74 Å². The Morgan fingerprint density at radius 3 is 2.33 bits per heavy atom. The van der Waals surface area contributed by atoms with Crippen molar-refractivity contribution < 1.29 is 4.74 Å². The molecule has 24 heavy (non-hydrogen) atoms. The second-order valence-corrected chi connectivity index (χ2v) is 8.56. The van der Waals surface area contributed by atoms with Crippen molar-refractivity contribution in [2.45, 2.75) is 72.8 Å². The third kappa shape index (κ3) is 3.61. The Morgan fingerprint density at radius 2 is 1.71 bits per heavy atom. The molecule has 0 atom stereocenters. The molecule has 1 heteroatoms. The molecular weight excluding hydrogens is 292 g/mol. The highest BCUT2D eigenvalue weighted by atomic mass is 16.5. The Kier molecular flexibility index (Phi) is 4.90. The molecule has 2 aromatic carbocycles. The number of ether oxygens (including phenoxy) is 1. The third-order valence-corrected chi connectivity index (χ3v) is 5.90. The molecule has 1 fully saturated rings. The van der Waals surface area contributed by atoms with Gasteiger partial charge in [0, 0.05) is 0 Å². The Bertz CT molecular complexity index is 700. The van der Waals surface area contributed by atoms with Gasteiger partial charge in [0.15, 0.2) is 0 Å². The summed E-state index contributed by atoms with van der Waals surface area (Å²) in [4.78, 5) is 0. The van der Waals surface area contributed by atoms with Gasteiger partial charge in [0.05, 0.1) is 6.10 Å². The topological polar surface area (TPSA) is 9.23 Å². The van der Waals surface area contributed by atoms with Gasteiger partial charge in [-0.05, 0) is 78.3 Å². The average Bonchev–Trinajstić information content (AvgIpc) is 2.57. The molecule has 1 aliphatic carbocycles. The Hall–Kier alpha value is -1.50. The number of fused-ring (bicyclic) bond motifs is 1. The first-order chi connectivity index (χ1) is 11.4. The summed E-state index contributed by atoms with van der Waals surface area (Å²) in [7, 11) is 0. The van der Waals surface area contributed by atoms with E-state index in [9.17, 15) is 0 Å². The second-order valence-electron chi connectivity index (χ2n) is 8.56. The molecule has 0 bridgehead atoms. The average molecular weight is 325 g/mol. The Labute approximate surface area is 147 Å². The quantitative estimate of drug-likeness (QED) is 0.611. The summed E-state index contributed by atoms with van der Waals surface area (Å²) in [6.45, 7) is 11.5. The van der Waals surface area contributed by atoms with Gasteiger partial charge in [-0.2, -0.15) is 0 Å². The lowest BCUT2D eigenvalue weighted by molar-refractivity contribution is 0.0878. The second kappa shape index (κ2) is 6.78. The predicted molar refractivity (Wildman–Crippen MR) is 104 cm³/mol. The monoisotopic (exact) mass is 324 g/mol. The van der Waals surface area contributed by atoms with Crippen molar-refractivity contribution in [3.8, 4) is 5.75 Å². The summed E-state index contributed by atoms with van der Waals surface area (Å²) in [5, 5.41) is 2.66. The van der Waals surface area contributed by atoms with E-state index in [1.165, 1.54) is 47.6 Å². The van der Waals surface area contributed by atoms with Crippen molar-refractivity contribution in [1.29, 1.82) is 0 Å². The molecule has 0 spiro atoms. The molecule has 0 heterocycles. The normalized spacial score (nSPS) is 21.9. The molecular formula is C23H32O. The molecule has 130 valence electrons. The fourth-order valence-electron chi connectivity index (χ4n) is 4.09. The van der Waals surface area contributed by atoms with Crippen LogP contribution >= 0.6 is 0 Å². The van der Waals surface area contributed by atoms with Crippen LogP contribution in [0.3, 0.4) is 0 Å². The lowest BCUT2D eigenvalue weighted by Crippen LogP contribution is -2.30. The molecule has 0 saturated heterocycles. The summed E-state index contributed by atoms with van der Waals surface area (Å²) in [6, 6.07) is 11.2. The van der Waals surface area contributed by atoms with E-state index in [-0.39, 0.29) is 0 Å². The van der Waals surface area contributed by atoms with Crippen LogP contribution < -0.4 is 4.74 Å². The van der Waals surface area contributed by atoms with E-state index in [0.29, 0.717) is 11.5 Å². The summed E-state index contributed by atoms with van der Waals surface area (Å²) in [6.07, 6.45) is 6.43. The number of hydrogen-bond acceptors (Lipinski definition) is 1. The zero-order chi connectivity index (χ0) is 17.3. The molecule has 0 aliphatic heterocycles. The van der Waals surface area contributed by atoms with Crippen LogP contribution in [0.25, 0.3) is 10.8 Å². The minimum Gasteiger partial charge on any atom is -0.490 e. The van der Waals surface area contributed by atoms with E-state index in [0.717, 1.165) is 18.1 Å². The minimum absolute atomic E-state index is 0.384. The van der Waals surface area contributed by atoms with Crippen LogP contribution in [-0.4, -0.2) is 6.10 Å². The minimum atomic E-state index is 0.384. The van der Waals surface area contributed by atoms with Gasteiger partial charge in [-0.25, -0.2) is 0 Å². The van der Waals surface area contributed by atoms with Crippen molar-refractivity contribution in [1.82, 2.24) is 0 Å². The lowest BCUT2D eigenvalue weighted by Gasteiger charge is -2.37. The maximum absolute atomic E-state index is 6.41. The third-order valence-electron chi connectivity index (χ3n) is 5.90. The maximum Gasteiger partial charge on any atom is 0.123 e. The van der Waals surface area contributed by atoms with Gasteiger partial charge in [0.25, 0.3) is 0 Å². The number of benzene rings is 2. The standard InChI is InChI=1S/C23H32O/c1-6-17-7-13-21-16(2)22(14-8-18(21)15-17)24-20-11-9-19(10-12-20)23(3,4)5/h7-8,13-15,19-20H,6,9-12H2,1-5H3. The van der Waals surface area contributed by atoms with Crippen molar-refractivity contribution in [3.05, 3.63) is 41.5 Å². The molecule has 1 saturated carbocycles.